The molecule has 9 heteroatoms. The van der Waals surface area contributed by atoms with E-state index in [1.165, 1.54) is 0 Å². The van der Waals surface area contributed by atoms with E-state index in [-0.39, 0.29) is 46.3 Å². The molecule has 0 aromatic rings. The second-order valence-electron chi connectivity index (χ2n) is 33.3. The molecule has 588 valence electrons. The fraction of sp³-hybridized carbons (Fsp3) is 1.00. The lowest BCUT2D eigenvalue weighted by Crippen LogP contribution is -2.39. The Morgan fingerprint density at radius 2 is 0.474 bits per heavy atom. The molecule has 7 unspecified atom stereocenters. The van der Waals surface area contributed by atoms with Crippen LogP contribution in [0.15, 0.2) is 0 Å². The Hall–Kier alpha value is -0.630. The molecule has 0 nitrogen and oxygen atoms in total. The zero-order valence-electron chi connectivity index (χ0n) is 72.6. The standard InChI is InChI=1S/C12H25F.2C11H23F.2C10H21F.C9H19F.2C8H17F.C7H15F/c1-7-8-12(6,13)11(9(2)3)10(4)5;1-7-11(6,12)10(8(2)3)9(4)5;1-6-9-11(5,12)10(4,7-2)8-3;1-6-9(4,7-2)10(5,11)8-3;1-5-8-10(4,11)9(6-2)7-3;1-5-8(6-2)9(4,10)7-3;1-6(2)8(5,9)7(3)4;1-4-6-8(3,9)7-5-2;1-4-6-7(3,8)5-2/h9-11H,7-8H2,1-6H3;8-10H,7H2,1-6H3;6-9H2,1-5H3;6-8H2,1-5H3;9H,5-8H2,1-4H3;8H,5-7H2,1-4H3;6-7H,1-5H3;4-7H2,1-3H3;4-6H2,1-3H3. The quantitative estimate of drug-likeness (QED) is 0.0549. The summed E-state index contributed by atoms with van der Waals surface area (Å²) in [5.41, 5.74) is -8.94. The van der Waals surface area contributed by atoms with Crippen LogP contribution in [-0.4, -0.2) is 51.0 Å². The van der Waals surface area contributed by atoms with Gasteiger partial charge in [0.05, 0.1) is 0 Å². The molecule has 0 saturated carbocycles. The molecule has 0 aromatic heterocycles. The topological polar surface area (TPSA) is 0 Å². The van der Waals surface area contributed by atoms with E-state index in [0.717, 1.165) is 89.9 Å². The molecule has 0 fully saturated rings. The monoisotopic (exact) mass is 1390 g/mol. The molecule has 0 heterocycles. The van der Waals surface area contributed by atoms with Crippen LogP contribution in [-0.2, 0) is 0 Å². The molecule has 0 aliphatic carbocycles. The smallest absolute Gasteiger partial charge is 0.113 e. The summed E-state index contributed by atoms with van der Waals surface area (Å²) in [7, 11) is 0. The summed E-state index contributed by atoms with van der Waals surface area (Å²) in [5.74, 6) is 2.84. The highest BCUT2D eigenvalue weighted by atomic mass is 19.2. The number of hydrogen-bond acceptors (Lipinski definition) is 0. The zero-order chi connectivity index (χ0) is 78.2. The first kappa shape index (κ1) is 113. The van der Waals surface area contributed by atoms with E-state index in [4.69, 9.17) is 0 Å². The maximum absolute atomic E-state index is 14.3. The number of alkyl halides is 9. The average molecular weight is 1390 g/mol. The fourth-order valence-corrected chi connectivity index (χ4v) is 14.2. The van der Waals surface area contributed by atoms with Crippen molar-refractivity contribution in [2.45, 2.75) is 489 Å². The number of hydrogen-bond donors (Lipinski definition) is 0. The third-order valence-corrected chi connectivity index (χ3v) is 23.1. The van der Waals surface area contributed by atoms with Crippen molar-refractivity contribution in [3.8, 4) is 0 Å². The van der Waals surface area contributed by atoms with Crippen molar-refractivity contribution >= 4 is 0 Å². The van der Waals surface area contributed by atoms with Gasteiger partial charge in [0.15, 0.2) is 0 Å². The highest BCUT2D eigenvalue weighted by molar-refractivity contribution is 4.93. The van der Waals surface area contributed by atoms with Crippen molar-refractivity contribution in [2.24, 2.45) is 70.0 Å². The van der Waals surface area contributed by atoms with Gasteiger partial charge in [-0.05, 0) is 211 Å². The van der Waals surface area contributed by atoms with Gasteiger partial charge < -0.3 is 0 Å². The van der Waals surface area contributed by atoms with Gasteiger partial charge in [0, 0.05) is 10.8 Å². The maximum Gasteiger partial charge on any atom is 0.113 e. The van der Waals surface area contributed by atoms with Crippen LogP contribution >= 0.6 is 0 Å². The van der Waals surface area contributed by atoms with E-state index in [1.54, 1.807) is 62.3 Å². The van der Waals surface area contributed by atoms with Crippen LogP contribution in [0.3, 0.4) is 0 Å². The van der Waals surface area contributed by atoms with Crippen molar-refractivity contribution in [1.29, 1.82) is 0 Å². The van der Waals surface area contributed by atoms with Crippen LogP contribution in [0.1, 0.15) is 438 Å². The SMILES string of the molecule is CC(C)C(C)(F)C(C)C.CCC(C)(F)C(C(C)C)C(C)C.CCC(C)(F)C(C)(CC)CC.CCC(CC)C(C)(F)CC.CCCC(C)(F)C(C(C)C)C(C)C.CCCC(C)(F)C(C)(CC)CC.CCCC(C)(F)C(CC)CC.CCCC(C)(F)CC.CCCC(C)(F)CCC. The van der Waals surface area contributed by atoms with Crippen molar-refractivity contribution in [2.75, 3.05) is 0 Å². The zero-order valence-corrected chi connectivity index (χ0v) is 72.6. The van der Waals surface area contributed by atoms with Crippen molar-refractivity contribution in [3.05, 3.63) is 0 Å². The number of halogens is 9. The Bertz CT molecular complexity index is 1600. The summed E-state index contributed by atoms with van der Waals surface area (Å²) in [4.78, 5) is 0. The first-order valence-corrected chi connectivity index (χ1v) is 40.0. The van der Waals surface area contributed by atoms with E-state index in [2.05, 4.69) is 125 Å². The highest BCUT2D eigenvalue weighted by Gasteiger charge is 2.43. The van der Waals surface area contributed by atoms with Crippen LogP contribution in [0.25, 0.3) is 0 Å². The van der Waals surface area contributed by atoms with Gasteiger partial charge in [-0.1, -0.05) is 286 Å². The van der Waals surface area contributed by atoms with Gasteiger partial charge in [-0.3, -0.25) is 0 Å². The Morgan fingerprint density at radius 3 is 0.632 bits per heavy atom. The minimum absolute atomic E-state index is 0.123. The Morgan fingerprint density at radius 1 is 0.232 bits per heavy atom. The molecule has 0 aromatic carbocycles. The van der Waals surface area contributed by atoms with E-state index < -0.39 is 51.0 Å². The summed E-state index contributed by atoms with van der Waals surface area (Å²) >= 11 is 0. The van der Waals surface area contributed by atoms with E-state index >= 15 is 0 Å². The first-order chi connectivity index (χ1) is 42.8. The van der Waals surface area contributed by atoms with Gasteiger partial charge in [0.25, 0.3) is 0 Å². The van der Waals surface area contributed by atoms with Crippen molar-refractivity contribution in [1.82, 2.24) is 0 Å². The second kappa shape index (κ2) is 55.9. The molecular formula is C86H181F9. The summed E-state index contributed by atoms with van der Waals surface area (Å²) in [5, 5.41) is 0. The Labute approximate surface area is 595 Å². The lowest BCUT2D eigenvalue weighted by Gasteiger charge is -2.39. The predicted molar refractivity (Wildman–Crippen MR) is 418 cm³/mol. The Kier molecular flexibility index (Phi) is 66.4. The van der Waals surface area contributed by atoms with Crippen LogP contribution in [0, 0.1) is 70.0 Å². The first-order valence-electron chi connectivity index (χ1n) is 40.0. The van der Waals surface area contributed by atoms with Crippen LogP contribution in [0.2, 0.25) is 0 Å². The van der Waals surface area contributed by atoms with Crippen molar-refractivity contribution in [3.63, 3.8) is 0 Å². The van der Waals surface area contributed by atoms with Crippen molar-refractivity contribution < 1.29 is 39.5 Å². The molecular weight excluding hydrogens is 1200 g/mol. The Balaban J connectivity index is -0.000000126. The molecule has 95 heavy (non-hydrogen) atoms. The van der Waals surface area contributed by atoms with Gasteiger partial charge in [-0.15, -0.1) is 0 Å². The molecule has 0 aliphatic rings. The van der Waals surface area contributed by atoms with Crippen LogP contribution < -0.4 is 0 Å². The molecule has 0 rings (SSSR count). The van der Waals surface area contributed by atoms with E-state index in [0.29, 0.717) is 87.9 Å². The lowest BCUT2D eigenvalue weighted by molar-refractivity contribution is 0.00460. The highest BCUT2D eigenvalue weighted by Crippen LogP contribution is 2.45. The lowest BCUT2D eigenvalue weighted by atomic mass is 9.70. The minimum atomic E-state index is -1.00. The fourth-order valence-electron chi connectivity index (χ4n) is 14.2. The summed E-state index contributed by atoms with van der Waals surface area (Å²) < 4.78 is 123. The molecule has 0 spiro atoms. The molecule has 0 saturated heterocycles. The average Bonchev–Trinajstić information content (AvgIpc) is 0.840. The predicted octanol–water partition coefficient (Wildman–Crippen LogP) is 33.6. The van der Waals surface area contributed by atoms with Gasteiger partial charge >= 0.3 is 0 Å². The normalized spacial score (nSPS) is 16.5. The molecule has 7 atom stereocenters. The molecule has 0 amide bonds. The van der Waals surface area contributed by atoms with Gasteiger partial charge in [-0.2, -0.15) is 0 Å². The minimum Gasteiger partial charge on any atom is -0.244 e. The molecule has 0 aliphatic heterocycles. The van der Waals surface area contributed by atoms with Crippen LogP contribution in [0.5, 0.6) is 0 Å². The summed E-state index contributed by atoms with van der Waals surface area (Å²) in [6.45, 7) is 80.5. The number of rotatable bonds is 36. The molecule has 0 bridgehead atoms. The third-order valence-electron chi connectivity index (χ3n) is 23.1. The maximum atomic E-state index is 14.3. The van der Waals surface area contributed by atoms with Gasteiger partial charge in [0.1, 0.15) is 51.0 Å². The second-order valence-corrected chi connectivity index (χ2v) is 33.3. The third kappa shape index (κ3) is 49.6. The summed E-state index contributed by atoms with van der Waals surface area (Å²) in [6.07, 6.45) is 19.9. The molecule has 0 radical (unpaired) electrons. The largest absolute Gasteiger partial charge is 0.244 e. The van der Waals surface area contributed by atoms with Gasteiger partial charge in [0.2, 0.25) is 0 Å². The van der Waals surface area contributed by atoms with E-state index in [9.17, 15) is 39.5 Å². The summed E-state index contributed by atoms with van der Waals surface area (Å²) in [6, 6.07) is 0. The molecule has 0 N–H and O–H groups in total. The van der Waals surface area contributed by atoms with Gasteiger partial charge in [-0.25, -0.2) is 39.5 Å². The van der Waals surface area contributed by atoms with Crippen LogP contribution in [0.4, 0.5) is 39.5 Å². The van der Waals surface area contributed by atoms with E-state index in [1.807, 2.05) is 96.9 Å².